The number of halogens is 1. The fourth-order valence-corrected chi connectivity index (χ4v) is 2.55. The van der Waals surface area contributed by atoms with Gasteiger partial charge >= 0.3 is 0 Å². The van der Waals surface area contributed by atoms with Crippen LogP contribution in [-0.4, -0.2) is 54.8 Å². The first kappa shape index (κ1) is 16.0. The minimum absolute atomic E-state index is 0.0544. The van der Waals surface area contributed by atoms with Gasteiger partial charge in [-0.25, -0.2) is 4.98 Å². The Kier molecular flexibility index (Phi) is 5.35. The second-order valence-electron chi connectivity index (χ2n) is 5.06. The van der Waals surface area contributed by atoms with Gasteiger partial charge in [-0.05, 0) is 29.8 Å². The van der Waals surface area contributed by atoms with E-state index in [9.17, 15) is 4.79 Å². The molecule has 0 aliphatic carbocycles. The Labute approximate surface area is 132 Å². The third kappa shape index (κ3) is 3.82. The normalized spacial score (nSPS) is 18.7. The number of morpholine rings is 1. The summed E-state index contributed by atoms with van der Waals surface area (Å²) in [5.74, 6) is 1.16. The first-order chi connectivity index (χ1) is 10.0. The molecule has 2 rings (SSSR count). The van der Waals surface area contributed by atoms with Gasteiger partial charge < -0.3 is 20.3 Å². The van der Waals surface area contributed by atoms with Crippen LogP contribution in [0.5, 0.6) is 0 Å². The van der Waals surface area contributed by atoms with Crippen molar-refractivity contribution in [2.75, 3.05) is 37.0 Å². The molecule has 1 aromatic heterocycles. The van der Waals surface area contributed by atoms with Crippen LogP contribution in [0.1, 0.15) is 13.8 Å². The van der Waals surface area contributed by atoms with E-state index in [4.69, 9.17) is 4.74 Å². The number of aromatic nitrogens is 2. The number of rotatable bonds is 4. The van der Waals surface area contributed by atoms with Crippen LogP contribution in [0.4, 0.5) is 11.8 Å². The van der Waals surface area contributed by atoms with E-state index in [2.05, 4.69) is 36.5 Å². The molecule has 1 saturated heterocycles. The molecule has 21 heavy (non-hydrogen) atoms. The predicted molar refractivity (Wildman–Crippen MR) is 84.5 cm³/mol. The summed E-state index contributed by atoms with van der Waals surface area (Å²) < 4.78 is 6.21. The molecule has 1 aromatic rings. The van der Waals surface area contributed by atoms with E-state index in [1.165, 1.54) is 0 Å². The molecule has 1 fully saturated rings. The summed E-state index contributed by atoms with van der Waals surface area (Å²) in [7, 11) is 1.76. The van der Waals surface area contributed by atoms with Gasteiger partial charge in [-0.3, -0.25) is 4.79 Å². The highest BCUT2D eigenvalue weighted by atomic mass is 79.9. The molecule has 1 aliphatic rings. The lowest BCUT2D eigenvalue weighted by molar-refractivity contribution is -0.125. The van der Waals surface area contributed by atoms with Crippen molar-refractivity contribution in [3.8, 4) is 0 Å². The summed E-state index contributed by atoms with van der Waals surface area (Å²) >= 11 is 3.46. The molecular formula is C13H20BrN5O2. The monoisotopic (exact) mass is 357 g/mol. The van der Waals surface area contributed by atoms with Crippen LogP contribution in [0.15, 0.2) is 10.7 Å². The van der Waals surface area contributed by atoms with Crippen molar-refractivity contribution in [3.63, 3.8) is 0 Å². The first-order valence-electron chi connectivity index (χ1n) is 6.88. The molecule has 2 heterocycles. The predicted octanol–water partition coefficient (Wildman–Crippen LogP) is 1.01. The number of nitrogens with zero attached hydrogens (tertiary/aromatic N) is 3. The SMILES string of the molecule is CNc1ncc(Br)c(N2CCOCC2C(=O)NC(C)C)n1. The maximum absolute atomic E-state index is 12.4. The van der Waals surface area contributed by atoms with Crippen molar-refractivity contribution in [3.05, 3.63) is 10.7 Å². The number of nitrogens with one attached hydrogen (secondary N) is 2. The van der Waals surface area contributed by atoms with Crippen LogP contribution in [0.25, 0.3) is 0 Å². The number of carbonyl (C=O) groups is 1. The fraction of sp³-hybridized carbons (Fsp3) is 0.615. The van der Waals surface area contributed by atoms with E-state index >= 15 is 0 Å². The molecule has 116 valence electrons. The standard InChI is InChI=1S/C13H20BrN5O2/c1-8(2)17-12(20)10-7-21-5-4-19(10)11-9(14)6-16-13(15-3)18-11/h6,8,10H,4-5,7H2,1-3H3,(H,17,20)(H,15,16,18). The zero-order chi connectivity index (χ0) is 15.4. The summed E-state index contributed by atoms with van der Waals surface area (Å²) in [6.45, 7) is 5.40. The van der Waals surface area contributed by atoms with E-state index in [1.54, 1.807) is 13.2 Å². The maximum Gasteiger partial charge on any atom is 0.245 e. The van der Waals surface area contributed by atoms with Gasteiger partial charge in [-0.1, -0.05) is 0 Å². The molecular weight excluding hydrogens is 338 g/mol. The quantitative estimate of drug-likeness (QED) is 0.837. The molecule has 0 aromatic carbocycles. The highest BCUT2D eigenvalue weighted by molar-refractivity contribution is 9.10. The summed E-state index contributed by atoms with van der Waals surface area (Å²) in [6.07, 6.45) is 1.68. The second-order valence-corrected chi connectivity index (χ2v) is 5.92. The minimum atomic E-state index is -0.392. The van der Waals surface area contributed by atoms with Crippen LogP contribution in [0, 0.1) is 0 Å². The lowest BCUT2D eigenvalue weighted by atomic mass is 10.2. The average molecular weight is 358 g/mol. The topological polar surface area (TPSA) is 79.4 Å². The van der Waals surface area contributed by atoms with Gasteiger partial charge in [0, 0.05) is 25.8 Å². The average Bonchev–Trinajstić information content (AvgIpc) is 2.47. The van der Waals surface area contributed by atoms with Crippen molar-refractivity contribution < 1.29 is 9.53 Å². The van der Waals surface area contributed by atoms with E-state index in [0.29, 0.717) is 31.5 Å². The molecule has 1 atom stereocenters. The molecule has 2 N–H and O–H groups in total. The van der Waals surface area contributed by atoms with Crippen molar-refractivity contribution in [2.24, 2.45) is 0 Å². The summed E-state index contributed by atoms with van der Waals surface area (Å²) in [5, 5.41) is 5.83. The Morgan fingerprint density at radius 2 is 2.33 bits per heavy atom. The van der Waals surface area contributed by atoms with Crippen LogP contribution in [0.3, 0.4) is 0 Å². The van der Waals surface area contributed by atoms with Crippen LogP contribution >= 0.6 is 15.9 Å². The smallest absolute Gasteiger partial charge is 0.245 e. The van der Waals surface area contributed by atoms with E-state index < -0.39 is 6.04 Å². The Balaban J connectivity index is 2.28. The molecule has 8 heteroatoms. The summed E-state index contributed by atoms with van der Waals surface area (Å²) in [5.41, 5.74) is 0. The fourth-order valence-electron chi connectivity index (χ4n) is 2.14. The van der Waals surface area contributed by atoms with Gasteiger partial charge in [-0.15, -0.1) is 0 Å². The largest absolute Gasteiger partial charge is 0.377 e. The van der Waals surface area contributed by atoms with Gasteiger partial charge in [0.15, 0.2) is 0 Å². The van der Waals surface area contributed by atoms with Gasteiger partial charge in [0.25, 0.3) is 0 Å². The third-order valence-electron chi connectivity index (χ3n) is 3.08. The molecule has 0 spiro atoms. The molecule has 1 unspecified atom stereocenters. The Bertz CT molecular complexity index is 511. The van der Waals surface area contributed by atoms with E-state index in [1.807, 2.05) is 18.7 Å². The number of carbonyl (C=O) groups excluding carboxylic acids is 1. The number of hydrogen-bond acceptors (Lipinski definition) is 6. The lowest BCUT2D eigenvalue weighted by Gasteiger charge is -2.36. The molecule has 0 bridgehead atoms. The highest BCUT2D eigenvalue weighted by Gasteiger charge is 2.32. The zero-order valence-electron chi connectivity index (χ0n) is 12.4. The molecule has 1 amide bonds. The van der Waals surface area contributed by atoms with Crippen LogP contribution in [-0.2, 0) is 9.53 Å². The molecule has 7 nitrogen and oxygen atoms in total. The van der Waals surface area contributed by atoms with Crippen molar-refractivity contribution in [1.29, 1.82) is 0 Å². The minimum Gasteiger partial charge on any atom is -0.377 e. The zero-order valence-corrected chi connectivity index (χ0v) is 14.0. The van der Waals surface area contributed by atoms with Crippen molar-refractivity contribution in [2.45, 2.75) is 25.9 Å². The first-order valence-corrected chi connectivity index (χ1v) is 7.67. The number of ether oxygens (including phenoxy) is 1. The summed E-state index contributed by atoms with van der Waals surface area (Å²) in [4.78, 5) is 22.9. The van der Waals surface area contributed by atoms with Crippen LogP contribution < -0.4 is 15.5 Å². The van der Waals surface area contributed by atoms with Gasteiger partial charge in [0.05, 0.1) is 17.7 Å². The van der Waals surface area contributed by atoms with Crippen LogP contribution in [0.2, 0.25) is 0 Å². The maximum atomic E-state index is 12.4. The number of amides is 1. The summed E-state index contributed by atoms with van der Waals surface area (Å²) in [6, 6.07) is -0.306. The molecule has 0 saturated carbocycles. The van der Waals surface area contributed by atoms with Crippen molar-refractivity contribution in [1.82, 2.24) is 15.3 Å². The van der Waals surface area contributed by atoms with Gasteiger partial charge in [-0.2, -0.15) is 4.98 Å². The number of hydrogen-bond donors (Lipinski definition) is 2. The van der Waals surface area contributed by atoms with Crippen molar-refractivity contribution >= 4 is 33.6 Å². The van der Waals surface area contributed by atoms with Gasteiger partial charge in [0.1, 0.15) is 11.9 Å². The third-order valence-corrected chi connectivity index (χ3v) is 3.64. The van der Waals surface area contributed by atoms with Gasteiger partial charge in [0.2, 0.25) is 11.9 Å². The Morgan fingerprint density at radius 1 is 1.57 bits per heavy atom. The highest BCUT2D eigenvalue weighted by Crippen LogP contribution is 2.27. The molecule has 0 radical (unpaired) electrons. The second kappa shape index (κ2) is 7.04. The molecule has 1 aliphatic heterocycles. The number of anilines is 2. The van der Waals surface area contributed by atoms with E-state index in [0.717, 1.165) is 4.47 Å². The van der Waals surface area contributed by atoms with E-state index in [-0.39, 0.29) is 11.9 Å². The lowest BCUT2D eigenvalue weighted by Crippen LogP contribution is -2.55. The Hall–Kier alpha value is -1.41. The Morgan fingerprint density at radius 3 is 3.00 bits per heavy atom.